The Morgan fingerprint density at radius 3 is 2.62 bits per heavy atom. The Morgan fingerprint density at radius 1 is 1.21 bits per heavy atom. The first-order valence-corrected chi connectivity index (χ1v) is 11.3. The molecule has 0 radical (unpaired) electrons. The van der Waals surface area contributed by atoms with Crippen molar-refractivity contribution in [1.29, 1.82) is 0 Å². The maximum atomic E-state index is 13.4. The summed E-state index contributed by atoms with van der Waals surface area (Å²) in [7, 11) is 0.168. The molecule has 7 nitrogen and oxygen atoms in total. The summed E-state index contributed by atoms with van der Waals surface area (Å²) in [5, 5.41) is 3.89. The van der Waals surface area contributed by atoms with Crippen LogP contribution in [-0.4, -0.2) is 61.5 Å². The molecule has 1 aromatic carbocycles. The molecule has 0 saturated carbocycles. The van der Waals surface area contributed by atoms with Gasteiger partial charge in [0.05, 0.1) is 9.77 Å². The molecule has 0 unspecified atom stereocenters. The molecule has 0 saturated heterocycles. The number of aryl methyl sites for hydroxylation is 1. The van der Waals surface area contributed by atoms with Crippen LogP contribution >= 0.6 is 11.3 Å². The van der Waals surface area contributed by atoms with Gasteiger partial charge in [-0.3, -0.25) is 0 Å². The van der Waals surface area contributed by atoms with Crippen LogP contribution < -0.4 is 0 Å². The number of rotatable bonds is 8. The summed E-state index contributed by atoms with van der Waals surface area (Å²) < 4.78 is 46.4. The van der Waals surface area contributed by atoms with Crippen molar-refractivity contribution in [3.05, 3.63) is 41.0 Å². The van der Waals surface area contributed by atoms with Gasteiger partial charge in [-0.25, -0.2) is 12.8 Å². The van der Waals surface area contributed by atoms with E-state index in [4.69, 9.17) is 4.52 Å². The lowest BCUT2D eigenvalue weighted by Crippen LogP contribution is -2.36. The van der Waals surface area contributed by atoms with Gasteiger partial charge in [0, 0.05) is 30.1 Å². The lowest BCUT2D eigenvalue weighted by Gasteiger charge is -2.22. The first kappa shape index (κ1) is 21.6. The summed E-state index contributed by atoms with van der Waals surface area (Å²) >= 11 is 1.27. The number of benzene rings is 1. The van der Waals surface area contributed by atoms with Crippen LogP contribution in [0.3, 0.4) is 0 Å². The fourth-order valence-electron chi connectivity index (χ4n) is 2.79. The van der Waals surface area contributed by atoms with E-state index in [0.29, 0.717) is 35.0 Å². The average Bonchev–Trinajstić information content (AvgIpc) is 3.29. The number of hydrogen-bond acceptors (Lipinski definition) is 7. The van der Waals surface area contributed by atoms with E-state index in [-0.39, 0.29) is 16.6 Å². The van der Waals surface area contributed by atoms with Gasteiger partial charge < -0.3 is 9.42 Å². The first-order chi connectivity index (χ1) is 13.7. The van der Waals surface area contributed by atoms with Gasteiger partial charge in [0.2, 0.25) is 15.8 Å². The van der Waals surface area contributed by atoms with Gasteiger partial charge in [-0.2, -0.15) is 9.29 Å². The largest absolute Gasteiger partial charge is 0.333 e. The lowest BCUT2D eigenvalue weighted by molar-refractivity contribution is 0.340. The van der Waals surface area contributed by atoms with E-state index in [1.807, 2.05) is 25.9 Å². The Labute approximate surface area is 173 Å². The van der Waals surface area contributed by atoms with Crippen LogP contribution in [0, 0.1) is 12.7 Å². The fraction of sp³-hybridized carbons (Fsp3) is 0.368. The zero-order valence-electron chi connectivity index (χ0n) is 16.7. The molecule has 2 aromatic heterocycles. The third kappa shape index (κ3) is 4.72. The van der Waals surface area contributed by atoms with Gasteiger partial charge in [0.1, 0.15) is 5.82 Å². The third-order valence-corrected chi connectivity index (χ3v) is 7.63. The molecule has 0 amide bonds. The van der Waals surface area contributed by atoms with Crippen molar-refractivity contribution in [2.75, 3.05) is 33.7 Å². The summed E-state index contributed by atoms with van der Waals surface area (Å²) in [5.74, 6) is 0.0536. The van der Waals surface area contributed by atoms with Crippen LogP contribution in [0.1, 0.15) is 11.8 Å². The molecule has 156 valence electrons. The second-order valence-corrected chi connectivity index (χ2v) is 9.93. The molecule has 29 heavy (non-hydrogen) atoms. The second-order valence-electron chi connectivity index (χ2n) is 6.76. The van der Waals surface area contributed by atoms with Crippen molar-refractivity contribution >= 4 is 21.4 Å². The molecular formula is C19H23FN4O3S2. The number of hydrogen-bond donors (Lipinski definition) is 0. The molecule has 0 aliphatic rings. The summed E-state index contributed by atoms with van der Waals surface area (Å²) in [5.41, 5.74) is 0.488. The summed E-state index contributed by atoms with van der Waals surface area (Å²) in [6.07, 6.45) is 0. The van der Waals surface area contributed by atoms with Crippen LogP contribution in [0.5, 0.6) is 0 Å². The maximum Gasteiger partial charge on any atom is 0.268 e. The van der Waals surface area contributed by atoms with Crippen molar-refractivity contribution in [2.45, 2.75) is 18.7 Å². The number of aromatic nitrogens is 2. The molecule has 0 bridgehead atoms. The van der Waals surface area contributed by atoms with Crippen LogP contribution in [0.25, 0.3) is 22.2 Å². The predicted molar refractivity (Wildman–Crippen MR) is 111 cm³/mol. The zero-order valence-corrected chi connectivity index (χ0v) is 18.3. The van der Waals surface area contributed by atoms with Crippen molar-refractivity contribution in [3.63, 3.8) is 0 Å². The zero-order chi connectivity index (χ0) is 21.2. The van der Waals surface area contributed by atoms with E-state index in [2.05, 4.69) is 10.1 Å². The SMILES string of the molecule is CCN(CCN(C)C)S(=O)(=O)c1cc(-c2nc(-c3cccc(F)c3)no2)sc1C. The summed E-state index contributed by atoms with van der Waals surface area (Å²) in [6, 6.07) is 7.45. The van der Waals surface area contributed by atoms with Gasteiger partial charge in [-0.15, -0.1) is 11.3 Å². The normalized spacial score (nSPS) is 12.2. The molecule has 2 heterocycles. The van der Waals surface area contributed by atoms with Crippen molar-refractivity contribution in [2.24, 2.45) is 0 Å². The molecule has 3 rings (SSSR count). The van der Waals surface area contributed by atoms with Crippen LogP contribution in [0.4, 0.5) is 4.39 Å². The van der Waals surface area contributed by atoms with Crippen molar-refractivity contribution < 1.29 is 17.3 Å². The number of nitrogens with zero attached hydrogens (tertiary/aromatic N) is 4. The van der Waals surface area contributed by atoms with Gasteiger partial charge >= 0.3 is 0 Å². The van der Waals surface area contributed by atoms with Gasteiger partial charge in [-0.1, -0.05) is 24.2 Å². The van der Waals surface area contributed by atoms with E-state index in [1.54, 1.807) is 25.1 Å². The Balaban J connectivity index is 1.90. The number of likely N-dealkylation sites (N-methyl/N-ethyl adjacent to an activating group) is 2. The van der Waals surface area contributed by atoms with Crippen LogP contribution in [0.15, 0.2) is 39.8 Å². The first-order valence-electron chi connectivity index (χ1n) is 9.07. The third-order valence-electron chi connectivity index (χ3n) is 4.36. The molecule has 0 spiro atoms. The molecule has 0 atom stereocenters. The highest BCUT2D eigenvalue weighted by atomic mass is 32.2. The van der Waals surface area contributed by atoms with Gasteiger partial charge in [0.25, 0.3) is 5.89 Å². The Morgan fingerprint density at radius 2 is 1.97 bits per heavy atom. The highest BCUT2D eigenvalue weighted by Crippen LogP contribution is 2.35. The molecule has 0 aliphatic carbocycles. The maximum absolute atomic E-state index is 13.4. The fourth-order valence-corrected chi connectivity index (χ4v) is 5.72. The molecule has 3 aromatic rings. The molecule has 0 N–H and O–H groups in total. The van der Waals surface area contributed by atoms with E-state index in [1.165, 1.54) is 27.8 Å². The number of halogens is 1. The minimum absolute atomic E-state index is 0.204. The monoisotopic (exact) mass is 438 g/mol. The van der Waals surface area contributed by atoms with E-state index < -0.39 is 15.8 Å². The topological polar surface area (TPSA) is 79.5 Å². The Bertz CT molecular complexity index is 1090. The minimum atomic E-state index is -3.64. The standard InChI is InChI=1S/C19H23FN4O3S2/c1-5-24(10-9-23(3)4)29(25,26)17-12-16(28-13(17)2)19-21-18(22-27-19)14-7-6-8-15(20)11-14/h6-8,11-12H,5,9-10H2,1-4H3. The second kappa shape index (κ2) is 8.70. The Kier molecular flexibility index (Phi) is 6.47. The summed E-state index contributed by atoms with van der Waals surface area (Å²) in [4.78, 5) is 7.69. The number of sulfonamides is 1. The molecule has 0 fully saturated rings. The minimum Gasteiger partial charge on any atom is -0.333 e. The molecule has 0 aliphatic heterocycles. The highest BCUT2D eigenvalue weighted by Gasteiger charge is 2.28. The highest BCUT2D eigenvalue weighted by molar-refractivity contribution is 7.89. The molecule has 10 heteroatoms. The van der Waals surface area contributed by atoms with E-state index >= 15 is 0 Å². The van der Waals surface area contributed by atoms with E-state index in [9.17, 15) is 12.8 Å². The predicted octanol–water partition coefficient (Wildman–Crippen LogP) is 3.48. The van der Waals surface area contributed by atoms with Gasteiger partial charge in [-0.05, 0) is 39.2 Å². The Hall–Kier alpha value is -2.14. The van der Waals surface area contributed by atoms with Gasteiger partial charge in [0.15, 0.2) is 0 Å². The molecular weight excluding hydrogens is 415 g/mol. The smallest absolute Gasteiger partial charge is 0.268 e. The van der Waals surface area contributed by atoms with E-state index in [0.717, 1.165) is 0 Å². The van der Waals surface area contributed by atoms with Crippen molar-refractivity contribution in [1.82, 2.24) is 19.3 Å². The average molecular weight is 439 g/mol. The van der Waals surface area contributed by atoms with Crippen LogP contribution in [0.2, 0.25) is 0 Å². The quantitative estimate of drug-likeness (QED) is 0.536. The lowest BCUT2D eigenvalue weighted by atomic mass is 10.2. The van der Waals surface area contributed by atoms with Crippen LogP contribution in [-0.2, 0) is 10.0 Å². The summed E-state index contributed by atoms with van der Waals surface area (Å²) in [6.45, 7) is 4.99. The van der Waals surface area contributed by atoms with Crippen molar-refractivity contribution in [3.8, 4) is 22.2 Å². The number of thiophene rings is 1.